The SMILES string of the molecule is CCCCOc1ccccc1[C@@H]1Oc2nc(SC)nnc2-c2ccccc2N1C(=O)CC. The van der Waals surface area contributed by atoms with Crippen LogP contribution < -0.4 is 14.4 Å². The summed E-state index contributed by atoms with van der Waals surface area (Å²) in [4.78, 5) is 19.5. The fourth-order valence-corrected chi connectivity index (χ4v) is 3.88. The lowest BCUT2D eigenvalue weighted by Crippen LogP contribution is -2.37. The molecule has 3 aromatic rings. The predicted molar refractivity (Wildman–Crippen MR) is 125 cm³/mol. The molecular formula is C24H26N4O3S. The minimum absolute atomic E-state index is 0.0725. The molecule has 0 unspecified atom stereocenters. The number of hydrogen-bond acceptors (Lipinski definition) is 7. The van der Waals surface area contributed by atoms with Gasteiger partial charge in [0.1, 0.15) is 5.75 Å². The molecule has 4 rings (SSSR count). The Morgan fingerprint density at radius 3 is 2.69 bits per heavy atom. The Morgan fingerprint density at radius 2 is 1.91 bits per heavy atom. The zero-order valence-electron chi connectivity index (χ0n) is 18.4. The number of hydrogen-bond donors (Lipinski definition) is 0. The van der Waals surface area contributed by atoms with Crippen LogP contribution in [-0.4, -0.2) is 34.0 Å². The second kappa shape index (κ2) is 9.99. The molecular weight excluding hydrogens is 424 g/mol. The summed E-state index contributed by atoms with van der Waals surface area (Å²) < 4.78 is 12.5. The Labute approximate surface area is 192 Å². The Kier molecular flexibility index (Phi) is 6.90. The maximum absolute atomic E-state index is 13.3. The third kappa shape index (κ3) is 4.27. The smallest absolute Gasteiger partial charge is 0.247 e. The predicted octanol–water partition coefficient (Wildman–Crippen LogP) is 5.27. The van der Waals surface area contributed by atoms with Crippen molar-refractivity contribution in [2.75, 3.05) is 17.8 Å². The van der Waals surface area contributed by atoms with E-state index in [0.717, 1.165) is 24.0 Å². The molecule has 1 amide bonds. The van der Waals surface area contributed by atoms with Gasteiger partial charge < -0.3 is 9.47 Å². The van der Waals surface area contributed by atoms with Gasteiger partial charge in [-0.15, -0.1) is 10.2 Å². The normalized spacial score (nSPS) is 14.7. The Bertz CT molecular complexity index is 1110. The van der Waals surface area contributed by atoms with E-state index >= 15 is 0 Å². The summed E-state index contributed by atoms with van der Waals surface area (Å²) in [6, 6.07) is 15.3. The molecule has 2 aromatic carbocycles. The highest BCUT2D eigenvalue weighted by Crippen LogP contribution is 2.45. The van der Waals surface area contributed by atoms with E-state index in [0.29, 0.717) is 41.2 Å². The molecule has 0 saturated carbocycles. The fraction of sp³-hybridized carbons (Fsp3) is 0.333. The van der Waals surface area contributed by atoms with Crippen molar-refractivity contribution < 1.29 is 14.3 Å². The fourth-order valence-electron chi connectivity index (χ4n) is 3.58. The van der Waals surface area contributed by atoms with E-state index in [1.54, 1.807) is 4.90 Å². The van der Waals surface area contributed by atoms with Crippen LogP contribution in [0.5, 0.6) is 11.6 Å². The highest BCUT2D eigenvalue weighted by molar-refractivity contribution is 7.98. The minimum atomic E-state index is -0.755. The molecule has 0 bridgehead atoms. The zero-order valence-corrected chi connectivity index (χ0v) is 19.3. The lowest BCUT2D eigenvalue weighted by molar-refractivity contribution is -0.120. The first-order valence-corrected chi connectivity index (χ1v) is 12.0. The third-order valence-electron chi connectivity index (χ3n) is 5.21. The van der Waals surface area contributed by atoms with Crippen molar-refractivity contribution in [2.45, 2.75) is 44.5 Å². The van der Waals surface area contributed by atoms with Crippen LogP contribution in [0.1, 0.15) is 44.9 Å². The number of aromatic nitrogens is 3. The maximum Gasteiger partial charge on any atom is 0.247 e. The average molecular weight is 451 g/mol. The molecule has 166 valence electrons. The standard InChI is InChI=1S/C24H26N4O3S/c1-4-6-15-30-19-14-10-8-12-17(19)23-28(20(29)5-2)18-13-9-7-11-16(18)21-22(31-23)25-24(32-3)27-26-21/h7-14,23H,4-6,15H2,1-3H3/t23-/m0/s1. The van der Waals surface area contributed by atoms with Crippen molar-refractivity contribution in [3.63, 3.8) is 0 Å². The highest BCUT2D eigenvalue weighted by atomic mass is 32.2. The first-order chi connectivity index (χ1) is 15.7. The molecule has 7 nitrogen and oxygen atoms in total. The third-order valence-corrected chi connectivity index (χ3v) is 5.74. The number of unbranched alkanes of at least 4 members (excludes halogenated alkanes) is 1. The molecule has 0 spiro atoms. The summed E-state index contributed by atoms with van der Waals surface area (Å²) in [5, 5.41) is 9.10. The summed E-state index contributed by atoms with van der Waals surface area (Å²) in [5.41, 5.74) is 2.74. The van der Waals surface area contributed by atoms with E-state index in [1.807, 2.05) is 61.7 Å². The Balaban J connectivity index is 1.91. The van der Waals surface area contributed by atoms with Crippen LogP contribution >= 0.6 is 11.8 Å². The van der Waals surface area contributed by atoms with Gasteiger partial charge in [-0.2, -0.15) is 4.98 Å². The highest BCUT2D eigenvalue weighted by Gasteiger charge is 2.36. The summed E-state index contributed by atoms with van der Waals surface area (Å²) in [6.45, 7) is 4.55. The van der Waals surface area contributed by atoms with Gasteiger partial charge in [-0.25, -0.2) is 0 Å². The summed E-state index contributed by atoms with van der Waals surface area (Å²) >= 11 is 1.39. The number of carbonyl (C=O) groups excluding carboxylic acids is 1. The first-order valence-electron chi connectivity index (χ1n) is 10.8. The van der Waals surface area contributed by atoms with Crippen LogP contribution in [0.2, 0.25) is 0 Å². The van der Waals surface area contributed by atoms with Crippen molar-refractivity contribution in [3.8, 4) is 22.9 Å². The molecule has 32 heavy (non-hydrogen) atoms. The van der Waals surface area contributed by atoms with Gasteiger partial charge in [-0.1, -0.05) is 62.4 Å². The molecule has 0 aliphatic carbocycles. The maximum atomic E-state index is 13.3. The molecule has 0 radical (unpaired) electrons. The lowest BCUT2D eigenvalue weighted by atomic mass is 10.1. The van der Waals surface area contributed by atoms with Crippen LogP contribution in [0.25, 0.3) is 11.3 Å². The average Bonchev–Trinajstić information content (AvgIpc) is 2.98. The second-order valence-corrected chi connectivity index (χ2v) is 8.07. The van der Waals surface area contributed by atoms with Crippen molar-refractivity contribution in [1.82, 2.24) is 15.2 Å². The van der Waals surface area contributed by atoms with Gasteiger partial charge in [0, 0.05) is 12.0 Å². The summed E-state index contributed by atoms with van der Waals surface area (Å²) in [6.07, 6.45) is 3.42. The van der Waals surface area contributed by atoms with E-state index in [1.165, 1.54) is 11.8 Å². The van der Waals surface area contributed by atoms with E-state index in [9.17, 15) is 4.79 Å². The topological polar surface area (TPSA) is 77.4 Å². The number of benzene rings is 2. The number of carbonyl (C=O) groups is 1. The van der Waals surface area contributed by atoms with Gasteiger partial charge in [0.25, 0.3) is 0 Å². The molecule has 0 fully saturated rings. The van der Waals surface area contributed by atoms with Crippen molar-refractivity contribution in [3.05, 3.63) is 54.1 Å². The van der Waals surface area contributed by atoms with E-state index < -0.39 is 6.23 Å². The first kappa shape index (κ1) is 22.1. The molecule has 2 heterocycles. The van der Waals surface area contributed by atoms with Gasteiger partial charge in [0.2, 0.25) is 23.2 Å². The molecule has 1 atom stereocenters. The zero-order chi connectivity index (χ0) is 22.5. The van der Waals surface area contributed by atoms with Gasteiger partial charge >= 0.3 is 0 Å². The Morgan fingerprint density at radius 1 is 1.12 bits per heavy atom. The van der Waals surface area contributed by atoms with Crippen LogP contribution in [0.3, 0.4) is 0 Å². The van der Waals surface area contributed by atoms with Crippen LogP contribution in [0.15, 0.2) is 53.7 Å². The van der Waals surface area contributed by atoms with Gasteiger partial charge in [0.05, 0.1) is 17.9 Å². The largest absolute Gasteiger partial charge is 0.493 e. The van der Waals surface area contributed by atoms with Crippen LogP contribution in [-0.2, 0) is 4.79 Å². The number of nitrogens with zero attached hydrogens (tertiary/aromatic N) is 4. The van der Waals surface area contributed by atoms with E-state index in [-0.39, 0.29) is 5.91 Å². The number of fused-ring (bicyclic) bond motifs is 3. The number of para-hydroxylation sites is 2. The molecule has 1 aromatic heterocycles. The molecule has 1 aliphatic rings. The van der Waals surface area contributed by atoms with Crippen molar-refractivity contribution in [2.24, 2.45) is 0 Å². The minimum Gasteiger partial charge on any atom is -0.493 e. The molecule has 8 heteroatoms. The van der Waals surface area contributed by atoms with Gasteiger partial charge in [0.15, 0.2) is 5.69 Å². The summed E-state index contributed by atoms with van der Waals surface area (Å²) in [5.74, 6) is 0.959. The van der Waals surface area contributed by atoms with Crippen molar-refractivity contribution in [1.29, 1.82) is 0 Å². The number of thioether (sulfide) groups is 1. The number of ether oxygens (including phenoxy) is 2. The quantitative estimate of drug-likeness (QED) is 0.358. The molecule has 0 N–H and O–H groups in total. The second-order valence-electron chi connectivity index (χ2n) is 7.30. The van der Waals surface area contributed by atoms with Gasteiger partial charge in [-0.3, -0.25) is 9.69 Å². The molecule has 0 saturated heterocycles. The van der Waals surface area contributed by atoms with Crippen LogP contribution in [0, 0.1) is 0 Å². The van der Waals surface area contributed by atoms with Crippen LogP contribution in [0.4, 0.5) is 5.69 Å². The number of rotatable bonds is 7. The van der Waals surface area contributed by atoms with Crippen molar-refractivity contribution >= 4 is 23.4 Å². The number of amides is 1. The van der Waals surface area contributed by atoms with E-state index in [2.05, 4.69) is 22.1 Å². The number of anilines is 1. The molecule has 1 aliphatic heterocycles. The monoisotopic (exact) mass is 450 g/mol. The summed E-state index contributed by atoms with van der Waals surface area (Å²) in [7, 11) is 0. The Hall–Kier alpha value is -3.13. The van der Waals surface area contributed by atoms with Gasteiger partial charge in [-0.05, 0) is 30.9 Å². The van der Waals surface area contributed by atoms with E-state index in [4.69, 9.17) is 9.47 Å². The lowest BCUT2D eigenvalue weighted by Gasteiger charge is -2.31.